The summed E-state index contributed by atoms with van der Waals surface area (Å²) in [5, 5.41) is 7.30. The third-order valence-corrected chi connectivity index (χ3v) is 4.98. The van der Waals surface area contributed by atoms with Crippen molar-refractivity contribution < 1.29 is 14.1 Å². The van der Waals surface area contributed by atoms with E-state index in [1.54, 1.807) is 25.3 Å². The van der Waals surface area contributed by atoms with E-state index >= 15 is 0 Å². The van der Waals surface area contributed by atoms with E-state index in [-0.39, 0.29) is 5.91 Å². The maximum absolute atomic E-state index is 12.4. The topological polar surface area (TPSA) is 80.5 Å². The van der Waals surface area contributed by atoms with Gasteiger partial charge < -0.3 is 14.6 Å². The molecule has 2 heterocycles. The number of likely N-dealkylation sites (tertiary alicyclic amines) is 1. The standard InChI is InChI=1S/C19H25ClN4O3/c1-13-21-19(27-23-13)12-24-9-3-4-14(11-24)5-8-18(25)22-16-10-15(20)6-7-17(16)26-2/h6-7,10,14H,3-5,8-9,11-12H2,1-2H3,(H,22,25). The average Bonchev–Trinajstić information content (AvgIpc) is 3.05. The third-order valence-electron chi connectivity index (χ3n) is 4.75. The molecule has 8 heteroatoms. The number of nitrogens with zero attached hydrogens (tertiary/aromatic N) is 3. The molecule has 0 radical (unpaired) electrons. The minimum atomic E-state index is -0.0276. The van der Waals surface area contributed by atoms with E-state index in [1.807, 2.05) is 6.92 Å². The summed E-state index contributed by atoms with van der Waals surface area (Å²) in [7, 11) is 1.57. The first-order valence-electron chi connectivity index (χ1n) is 9.18. The summed E-state index contributed by atoms with van der Waals surface area (Å²) >= 11 is 6.01. The lowest BCUT2D eigenvalue weighted by atomic mass is 9.93. The van der Waals surface area contributed by atoms with Crippen LogP contribution in [0.3, 0.4) is 0 Å². The Labute approximate surface area is 164 Å². The van der Waals surface area contributed by atoms with Gasteiger partial charge in [-0.05, 0) is 56.8 Å². The lowest BCUT2D eigenvalue weighted by Gasteiger charge is -2.31. The number of methoxy groups -OCH3 is 1. The van der Waals surface area contributed by atoms with Crippen molar-refractivity contribution >= 4 is 23.2 Å². The van der Waals surface area contributed by atoms with Crippen LogP contribution in [0, 0.1) is 12.8 Å². The van der Waals surface area contributed by atoms with Crippen LogP contribution in [0.1, 0.15) is 37.4 Å². The molecule has 0 saturated carbocycles. The van der Waals surface area contributed by atoms with Crippen molar-refractivity contribution in [2.75, 3.05) is 25.5 Å². The summed E-state index contributed by atoms with van der Waals surface area (Å²) in [5.74, 6) is 2.37. The van der Waals surface area contributed by atoms with Crippen LogP contribution in [0.25, 0.3) is 0 Å². The predicted octanol–water partition coefficient (Wildman–Crippen LogP) is 3.67. The van der Waals surface area contributed by atoms with E-state index in [4.69, 9.17) is 20.9 Å². The SMILES string of the molecule is COc1ccc(Cl)cc1NC(=O)CCC1CCCN(Cc2nc(C)no2)C1. The third kappa shape index (κ3) is 5.68. The molecule has 1 unspecified atom stereocenters. The van der Waals surface area contributed by atoms with Crippen LogP contribution in [0.5, 0.6) is 5.75 Å². The molecular weight excluding hydrogens is 368 g/mol. The average molecular weight is 393 g/mol. The highest BCUT2D eigenvalue weighted by Crippen LogP contribution is 2.28. The molecule has 0 bridgehead atoms. The Hall–Kier alpha value is -2.12. The lowest BCUT2D eigenvalue weighted by Crippen LogP contribution is -2.35. The quantitative estimate of drug-likeness (QED) is 0.774. The maximum atomic E-state index is 12.4. The molecular formula is C19H25ClN4O3. The summed E-state index contributed by atoms with van der Waals surface area (Å²) in [6.45, 7) is 4.45. The lowest BCUT2D eigenvalue weighted by molar-refractivity contribution is -0.116. The van der Waals surface area contributed by atoms with Crippen molar-refractivity contribution in [1.29, 1.82) is 0 Å². The fraction of sp³-hybridized carbons (Fsp3) is 0.526. The second kappa shape index (κ2) is 9.19. The van der Waals surface area contributed by atoms with Crippen LogP contribution < -0.4 is 10.1 Å². The molecule has 1 aliphatic heterocycles. The number of aromatic nitrogens is 2. The highest BCUT2D eigenvalue weighted by Gasteiger charge is 2.22. The van der Waals surface area contributed by atoms with Crippen molar-refractivity contribution in [3.63, 3.8) is 0 Å². The molecule has 146 valence electrons. The molecule has 0 aliphatic carbocycles. The van der Waals surface area contributed by atoms with Gasteiger partial charge in [0.1, 0.15) is 5.75 Å². The zero-order valence-electron chi connectivity index (χ0n) is 15.7. The molecule has 1 amide bonds. The number of ether oxygens (including phenoxy) is 1. The highest BCUT2D eigenvalue weighted by molar-refractivity contribution is 6.31. The Balaban J connectivity index is 1.47. The monoisotopic (exact) mass is 392 g/mol. The summed E-state index contributed by atoms with van der Waals surface area (Å²) in [5.41, 5.74) is 0.604. The molecule has 1 saturated heterocycles. The van der Waals surface area contributed by atoms with E-state index in [1.165, 1.54) is 0 Å². The van der Waals surface area contributed by atoms with Gasteiger partial charge in [0, 0.05) is 18.0 Å². The van der Waals surface area contributed by atoms with E-state index in [0.717, 1.165) is 32.4 Å². The van der Waals surface area contributed by atoms with Gasteiger partial charge in [0.2, 0.25) is 11.8 Å². The molecule has 27 heavy (non-hydrogen) atoms. The van der Waals surface area contributed by atoms with Gasteiger partial charge in [0.25, 0.3) is 0 Å². The second-order valence-corrected chi connectivity index (χ2v) is 7.35. The number of piperidine rings is 1. The number of hydrogen-bond donors (Lipinski definition) is 1. The van der Waals surface area contributed by atoms with E-state index in [9.17, 15) is 4.79 Å². The van der Waals surface area contributed by atoms with Gasteiger partial charge in [-0.25, -0.2) is 0 Å². The number of aryl methyl sites for hydroxylation is 1. The van der Waals surface area contributed by atoms with E-state index < -0.39 is 0 Å². The Morgan fingerprint density at radius 3 is 3.07 bits per heavy atom. The zero-order valence-corrected chi connectivity index (χ0v) is 16.5. The number of carbonyl (C=O) groups is 1. The number of carbonyl (C=O) groups excluding carboxylic acids is 1. The first-order chi connectivity index (χ1) is 13.0. The van der Waals surface area contributed by atoms with Gasteiger partial charge in [-0.1, -0.05) is 16.8 Å². The van der Waals surface area contributed by atoms with Gasteiger partial charge in [0.05, 0.1) is 19.3 Å². The number of rotatable bonds is 7. The Bertz CT molecular complexity index is 780. The molecule has 1 aliphatic rings. The molecule has 3 rings (SSSR count). The number of halogens is 1. The van der Waals surface area contributed by atoms with Crippen LogP contribution in [-0.4, -0.2) is 41.1 Å². The van der Waals surface area contributed by atoms with Crippen molar-refractivity contribution in [3.8, 4) is 5.75 Å². The molecule has 0 spiro atoms. The summed E-state index contributed by atoms with van der Waals surface area (Å²) < 4.78 is 10.5. The van der Waals surface area contributed by atoms with Crippen molar-refractivity contribution in [2.24, 2.45) is 5.92 Å². The first kappa shape index (κ1) is 19.6. The zero-order chi connectivity index (χ0) is 19.2. The van der Waals surface area contributed by atoms with Gasteiger partial charge in [-0.3, -0.25) is 9.69 Å². The summed E-state index contributed by atoms with van der Waals surface area (Å²) in [6, 6.07) is 5.18. The van der Waals surface area contributed by atoms with Crippen LogP contribution in [0.15, 0.2) is 22.7 Å². The van der Waals surface area contributed by atoms with Gasteiger partial charge >= 0.3 is 0 Å². The fourth-order valence-electron chi connectivity index (χ4n) is 3.45. The van der Waals surface area contributed by atoms with E-state index in [0.29, 0.717) is 47.1 Å². The molecule has 7 nitrogen and oxygen atoms in total. The minimum absolute atomic E-state index is 0.0276. The minimum Gasteiger partial charge on any atom is -0.495 e. The Morgan fingerprint density at radius 2 is 2.33 bits per heavy atom. The summed E-state index contributed by atoms with van der Waals surface area (Å²) in [4.78, 5) is 18.9. The summed E-state index contributed by atoms with van der Waals surface area (Å²) in [6.07, 6.45) is 3.55. The molecule has 2 aromatic rings. The van der Waals surface area contributed by atoms with Crippen LogP contribution in [0.2, 0.25) is 5.02 Å². The molecule has 1 N–H and O–H groups in total. The molecule has 1 atom stereocenters. The van der Waals surface area contributed by atoms with Gasteiger partial charge in [-0.15, -0.1) is 0 Å². The van der Waals surface area contributed by atoms with Gasteiger partial charge in [-0.2, -0.15) is 4.98 Å². The number of amides is 1. The van der Waals surface area contributed by atoms with E-state index in [2.05, 4.69) is 20.4 Å². The predicted molar refractivity (Wildman–Crippen MR) is 103 cm³/mol. The van der Waals surface area contributed by atoms with Crippen LogP contribution in [-0.2, 0) is 11.3 Å². The highest BCUT2D eigenvalue weighted by atomic mass is 35.5. The molecule has 1 aromatic heterocycles. The number of nitrogens with one attached hydrogen (secondary N) is 1. The fourth-order valence-corrected chi connectivity index (χ4v) is 3.62. The van der Waals surface area contributed by atoms with Crippen molar-refractivity contribution in [2.45, 2.75) is 39.2 Å². The maximum Gasteiger partial charge on any atom is 0.240 e. The largest absolute Gasteiger partial charge is 0.495 e. The van der Waals surface area contributed by atoms with Crippen LogP contribution >= 0.6 is 11.6 Å². The number of benzene rings is 1. The second-order valence-electron chi connectivity index (χ2n) is 6.91. The van der Waals surface area contributed by atoms with Crippen molar-refractivity contribution in [1.82, 2.24) is 15.0 Å². The first-order valence-corrected chi connectivity index (χ1v) is 9.56. The molecule has 1 aromatic carbocycles. The Kier molecular flexibility index (Phi) is 6.68. The van der Waals surface area contributed by atoms with Crippen molar-refractivity contribution in [3.05, 3.63) is 34.9 Å². The Morgan fingerprint density at radius 1 is 1.48 bits per heavy atom. The van der Waals surface area contributed by atoms with Gasteiger partial charge in [0.15, 0.2) is 5.82 Å². The number of hydrogen-bond acceptors (Lipinski definition) is 6. The van der Waals surface area contributed by atoms with Crippen LogP contribution in [0.4, 0.5) is 5.69 Å². The molecule has 1 fully saturated rings. The number of anilines is 1. The smallest absolute Gasteiger partial charge is 0.240 e. The normalized spacial score (nSPS) is 17.7.